The number of benzene rings is 1. The van der Waals surface area contributed by atoms with Gasteiger partial charge >= 0.3 is 0 Å². The molecule has 1 heterocycles. The second-order valence-electron chi connectivity index (χ2n) is 5.08. The van der Waals surface area contributed by atoms with Crippen molar-refractivity contribution in [3.8, 4) is 0 Å². The lowest BCUT2D eigenvalue weighted by Crippen LogP contribution is -2.18. The summed E-state index contributed by atoms with van der Waals surface area (Å²) in [6, 6.07) is 6.77. The van der Waals surface area contributed by atoms with Gasteiger partial charge in [-0.05, 0) is 18.9 Å². The summed E-state index contributed by atoms with van der Waals surface area (Å²) in [5.41, 5.74) is 3.27. The molecular weight excluding hydrogens is 268 g/mol. The van der Waals surface area contributed by atoms with Gasteiger partial charge in [0.15, 0.2) is 0 Å². The Kier molecular flexibility index (Phi) is 4.70. The van der Waals surface area contributed by atoms with Crippen LogP contribution in [-0.4, -0.2) is 14.7 Å². The van der Waals surface area contributed by atoms with Gasteiger partial charge in [0.25, 0.3) is 5.69 Å². The number of hydrogen-bond acceptors (Lipinski definition) is 4. The molecule has 1 N–H and O–H groups in total. The highest BCUT2D eigenvalue weighted by molar-refractivity contribution is 5.35. The lowest BCUT2D eigenvalue weighted by atomic mass is 10.1. The van der Waals surface area contributed by atoms with Crippen LogP contribution in [0.1, 0.15) is 36.7 Å². The van der Waals surface area contributed by atoms with Crippen LogP contribution in [0.15, 0.2) is 30.5 Å². The Morgan fingerprint density at radius 3 is 2.90 bits per heavy atom. The molecule has 0 aliphatic rings. The number of non-ortho nitro benzene ring substituents is 1. The van der Waals surface area contributed by atoms with Gasteiger partial charge in [0.1, 0.15) is 0 Å². The maximum atomic E-state index is 10.8. The third-order valence-electron chi connectivity index (χ3n) is 3.51. The molecule has 1 unspecified atom stereocenters. The van der Waals surface area contributed by atoms with Crippen molar-refractivity contribution in [2.24, 2.45) is 7.05 Å². The molecule has 1 aromatic carbocycles. The van der Waals surface area contributed by atoms with E-state index >= 15 is 0 Å². The number of nitro benzene ring substituents is 1. The normalized spacial score (nSPS) is 12.3. The van der Waals surface area contributed by atoms with Gasteiger partial charge in [0, 0.05) is 43.5 Å². The number of nitro groups is 1. The van der Waals surface area contributed by atoms with Crippen molar-refractivity contribution in [1.29, 1.82) is 0 Å². The number of rotatable bonds is 6. The molecule has 1 aromatic heterocycles. The van der Waals surface area contributed by atoms with Crippen molar-refractivity contribution in [3.05, 3.63) is 57.4 Å². The Labute approximate surface area is 123 Å². The van der Waals surface area contributed by atoms with E-state index in [2.05, 4.69) is 17.3 Å². The van der Waals surface area contributed by atoms with Crippen molar-refractivity contribution in [2.45, 2.75) is 32.9 Å². The summed E-state index contributed by atoms with van der Waals surface area (Å²) < 4.78 is 1.81. The average Bonchev–Trinajstić information content (AvgIpc) is 2.85. The highest BCUT2D eigenvalue weighted by atomic mass is 16.6. The van der Waals surface area contributed by atoms with Gasteiger partial charge in [-0.25, -0.2) is 0 Å². The first kappa shape index (κ1) is 15.2. The lowest BCUT2D eigenvalue weighted by molar-refractivity contribution is -0.384. The quantitative estimate of drug-likeness (QED) is 0.655. The molecule has 0 bridgehead atoms. The Morgan fingerprint density at radius 1 is 1.48 bits per heavy atom. The standard InChI is InChI=1S/C15H20N4O2/c1-4-15-13(10-18(3)17-15)9-16-11(2)12-6-5-7-14(8-12)19(20)21/h5-8,10-11,16H,4,9H2,1-3H3. The predicted octanol–water partition coefficient (Wildman–Crippen LogP) is 2.74. The van der Waals surface area contributed by atoms with E-state index < -0.39 is 0 Å². The molecule has 0 fully saturated rings. The van der Waals surface area contributed by atoms with Crippen LogP contribution in [0.25, 0.3) is 0 Å². The smallest absolute Gasteiger partial charge is 0.269 e. The van der Waals surface area contributed by atoms with E-state index in [1.807, 2.05) is 30.9 Å². The van der Waals surface area contributed by atoms with Crippen LogP contribution in [0.2, 0.25) is 0 Å². The minimum atomic E-state index is -0.369. The van der Waals surface area contributed by atoms with E-state index in [0.717, 1.165) is 23.2 Å². The number of aromatic nitrogens is 2. The molecule has 6 nitrogen and oxygen atoms in total. The van der Waals surface area contributed by atoms with E-state index in [-0.39, 0.29) is 16.7 Å². The van der Waals surface area contributed by atoms with Crippen molar-refractivity contribution >= 4 is 5.69 Å². The van der Waals surface area contributed by atoms with Crippen LogP contribution >= 0.6 is 0 Å². The Morgan fingerprint density at radius 2 is 2.24 bits per heavy atom. The summed E-state index contributed by atoms with van der Waals surface area (Å²) in [6.45, 7) is 4.78. The van der Waals surface area contributed by atoms with Gasteiger partial charge in [-0.15, -0.1) is 0 Å². The molecule has 0 amide bonds. The zero-order chi connectivity index (χ0) is 15.4. The van der Waals surface area contributed by atoms with Gasteiger partial charge in [-0.1, -0.05) is 19.1 Å². The van der Waals surface area contributed by atoms with Crippen LogP contribution in [0.3, 0.4) is 0 Å². The fourth-order valence-corrected chi connectivity index (χ4v) is 2.32. The number of aryl methyl sites for hydroxylation is 2. The largest absolute Gasteiger partial charge is 0.306 e. The first-order chi connectivity index (χ1) is 10.0. The SMILES string of the molecule is CCc1nn(C)cc1CNC(C)c1cccc([N+](=O)[O-])c1. The summed E-state index contributed by atoms with van der Waals surface area (Å²) in [7, 11) is 1.91. The third-order valence-corrected chi connectivity index (χ3v) is 3.51. The van der Waals surface area contributed by atoms with Gasteiger partial charge < -0.3 is 5.32 Å². The van der Waals surface area contributed by atoms with E-state index in [0.29, 0.717) is 6.54 Å². The number of nitrogens with one attached hydrogen (secondary N) is 1. The average molecular weight is 288 g/mol. The summed E-state index contributed by atoms with van der Waals surface area (Å²) in [5, 5.41) is 18.6. The second-order valence-corrected chi connectivity index (χ2v) is 5.08. The molecule has 2 rings (SSSR count). The van der Waals surface area contributed by atoms with E-state index in [9.17, 15) is 10.1 Å². The molecule has 112 valence electrons. The van der Waals surface area contributed by atoms with E-state index in [4.69, 9.17) is 0 Å². The molecule has 6 heteroatoms. The topological polar surface area (TPSA) is 73.0 Å². The first-order valence-corrected chi connectivity index (χ1v) is 7.00. The van der Waals surface area contributed by atoms with Crippen molar-refractivity contribution in [3.63, 3.8) is 0 Å². The molecule has 0 saturated carbocycles. The zero-order valence-electron chi connectivity index (χ0n) is 12.5. The molecule has 0 aliphatic heterocycles. The second kappa shape index (κ2) is 6.49. The minimum Gasteiger partial charge on any atom is -0.306 e. The zero-order valence-corrected chi connectivity index (χ0v) is 12.5. The fraction of sp³-hybridized carbons (Fsp3) is 0.400. The molecule has 21 heavy (non-hydrogen) atoms. The van der Waals surface area contributed by atoms with Crippen LogP contribution in [0, 0.1) is 10.1 Å². The van der Waals surface area contributed by atoms with Crippen molar-refractivity contribution < 1.29 is 4.92 Å². The third kappa shape index (κ3) is 3.66. The highest BCUT2D eigenvalue weighted by Gasteiger charge is 2.12. The van der Waals surface area contributed by atoms with Crippen LogP contribution < -0.4 is 5.32 Å². The summed E-state index contributed by atoms with van der Waals surface area (Å²) in [4.78, 5) is 10.4. The summed E-state index contributed by atoms with van der Waals surface area (Å²) in [5.74, 6) is 0. The highest BCUT2D eigenvalue weighted by Crippen LogP contribution is 2.19. The van der Waals surface area contributed by atoms with E-state index in [1.54, 1.807) is 12.1 Å². The number of nitrogens with zero attached hydrogens (tertiary/aromatic N) is 3. The van der Waals surface area contributed by atoms with E-state index in [1.165, 1.54) is 6.07 Å². The predicted molar refractivity (Wildman–Crippen MR) is 80.9 cm³/mol. The maximum Gasteiger partial charge on any atom is 0.269 e. The van der Waals surface area contributed by atoms with Gasteiger partial charge in [0.2, 0.25) is 0 Å². The maximum absolute atomic E-state index is 10.8. The Balaban J connectivity index is 2.06. The minimum absolute atomic E-state index is 0.0369. The molecule has 1 atom stereocenters. The van der Waals surface area contributed by atoms with Crippen LogP contribution in [0.4, 0.5) is 5.69 Å². The Bertz CT molecular complexity index is 636. The van der Waals surface area contributed by atoms with Gasteiger partial charge in [-0.3, -0.25) is 14.8 Å². The monoisotopic (exact) mass is 288 g/mol. The van der Waals surface area contributed by atoms with Gasteiger partial charge in [0.05, 0.1) is 10.6 Å². The van der Waals surface area contributed by atoms with Crippen LogP contribution in [-0.2, 0) is 20.0 Å². The molecular formula is C15H20N4O2. The molecule has 0 radical (unpaired) electrons. The fourth-order valence-electron chi connectivity index (χ4n) is 2.32. The molecule has 0 saturated heterocycles. The summed E-state index contributed by atoms with van der Waals surface area (Å²) >= 11 is 0. The molecule has 0 aliphatic carbocycles. The number of hydrogen-bond donors (Lipinski definition) is 1. The molecule has 2 aromatic rings. The molecule has 0 spiro atoms. The first-order valence-electron chi connectivity index (χ1n) is 7.00. The summed E-state index contributed by atoms with van der Waals surface area (Å²) in [6.07, 6.45) is 2.90. The van der Waals surface area contributed by atoms with Crippen molar-refractivity contribution in [1.82, 2.24) is 15.1 Å². The lowest BCUT2D eigenvalue weighted by Gasteiger charge is -2.14. The Hall–Kier alpha value is -2.21. The van der Waals surface area contributed by atoms with Crippen molar-refractivity contribution in [2.75, 3.05) is 0 Å². The van der Waals surface area contributed by atoms with Crippen LogP contribution in [0.5, 0.6) is 0 Å². The van der Waals surface area contributed by atoms with Gasteiger partial charge in [-0.2, -0.15) is 5.10 Å².